The van der Waals surface area contributed by atoms with E-state index in [-0.39, 0.29) is 32.5 Å². The molecule has 0 radical (unpaired) electrons. The van der Waals surface area contributed by atoms with Crippen molar-refractivity contribution in [2.45, 2.75) is 161 Å². The van der Waals surface area contributed by atoms with Gasteiger partial charge in [-0.05, 0) is 97.3 Å². The standard InChI is InChI=1S/C43H63ClP2/c1-37(2,3)29-24-31(39(7,8)9)35(32(25-29)40(10,11)12)45-43(44,28-22-20-19-21-23-28)46(45)36-33(41(13,14)15)26-30(38(4,5)6)27-34(36)42(16,17)18/h19-27H,1-18H3/t45-,46-/m1/s1. The molecule has 0 saturated carbocycles. The van der Waals surface area contributed by atoms with Gasteiger partial charge in [-0.2, -0.15) is 0 Å². The Morgan fingerprint density at radius 2 is 0.674 bits per heavy atom. The van der Waals surface area contributed by atoms with E-state index in [1.165, 1.54) is 38.9 Å². The molecule has 4 rings (SSSR count). The van der Waals surface area contributed by atoms with Crippen molar-refractivity contribution in [3.8, 4) is 0 Å². The number of hydrogen-bond donors (Lipinski definition) is 0. The van der Waals surface area contributed by atoms with Crippen LogP contribution in [0.15, 0.2) is 54.6 Å². The minimum atomic E-state index is -0.760. The van der Waals surface area contributed by atoms with Gasteiger partial charge in [0.15, 0.2) is 0 Å². The molecular weight excluding hydrogens is 614 g/mol. The van der Waals surface area contributed by atoms with Gasteiger partial charge in [-0.15, -0.1) is 11.6 Å². The maximum Gasteiger partial charge on any atom is 0.124 e. The number of benzene rings is 3. The summed E-state index contributed by atoms with van der Waals surface area (Å²) in [7, 11) is -1.52. The van der Waals surface area contributed by atoms with Crippen LogP contribution in [0.5, 0.6) is 0 Å². The van der Waals surface area contributed by atoms with Gasteiger partial charge in [-0.3, -0.25) is 0 Å². The summed E-state index contributed by atoms with van der Waals surface area (Å²) in [6.45, 7) is 43.0. The van der Waals surface area contributed by atoms with E-state index in [2.05, 4.69) is 179 Å². The monoisotopic (exact) mass is 676 g/mol. The van der Waals surface area contributed by atoms with E-state index in [0.29, 0.717) is 0 Å². The molecule has 0 bridgehead atoms. The molecule has 3 aromatic rings. The molecule has 0 spiro atoms. The second-order valence-corrected chi connectivity index (χ2v) is 27.2. The highest BCUT2D eigenvalue weighted by molar-refractivity contribution is 8.53. The van der Waals surface area contributed by atoms with Gasteiger partial charge in [0.25, 0.3) is 0 Å². The van der Waals surface area contributed by atoms with E-state index in [0.717, 1.165) is 0 Å². The van der Waals surface area contributed by atoms with Crippen LogP contribution in [0.4, 0.5) is 0 Å². The maximum absolute atomic E-state index is 8.38. The third kappa shape index (κ3) is 7.08. The molecule has 1 saturated heterocycles. The van der Waals surface area contributed by atoms with Gasteiger partial charge in [-0.25, -0.2) is 0 Å². The molecule has 1 heterocycles. The van der Waals surface area contributed by atoms with E-state index in [1.807, 2.05) is 0 Å². The van der Waals surface area contributed by atoms with Gasteiger partial charge in [0.1, 0.15) is 4.36 Å². The zero-order chi connectivity index (χ0) is 35.2. The van der Waals surface area contributed by atoms with Crippen molar-refractivity contribution in [3.63, 3.8) is 0 Å². The van der Waals surface area contributed by atoms with Crippen molar-refractivity contribution in [1.29, 1.82) is 0 Å². The maximum atomic E-state index is 8.38. The van der Waals surface area contributed by atoms with Gasteiger partial charge in [0.2, 0.25) is 0 Å². The lowest BCUT2D eigenvalue weighted by molar-refractivity contribution is 0.553. The molecular formula is C43H63ClP2. The van der Waals surface area contributed by atoms with E-state index in [1.54, 1.807) is 10.6 Å². The Hall–Kier alpha value is -1.19. The normalized spacial score (nSPS) is 21.5. The Kier molecular flexibility index (Phi) is 9.58. The van der Waals surface area contributed by atoms with Crippen LogP contribution in [0.25, 0.3) is 0 Å². The first-order valence-electron chi connectivity index (χ1n) is 17.3. The minimum absolute atomic E-state index is 0.0210. The van der Waals surface area contributed by atoms with Gasteiger partial charge in [-0.1, -0.05) is 179 Å². The third-order valence-electron chi connectivity index (χ3n) is 9.47. The second kappa shape index (κ2) is 11.7. The largest absolute Gasteiger partial charge is 0.124 e. The third-order valence-corrected chi connectivity index (χ3v) is 19.7. The van der Waals surface area contributed by atoms with Crippen LogP contribution in [0, 0.1) is 0 Å². The second-order valence-electron chi connectivity index (χ2n) is 19.9. The average Bonchev–Trinajstić information content (AvgIpc) is 3.50. The summed E-state index contributed by atoms with van der Waals surface area (Å²) in [6.07, 6.45) is 0. The smallest absolute Gasteiger partial charge is 0.102 e. The SMILES string of the molecule is CC(C)(C)c1cc(C(C)(C)C)c([P@@]2[P@](c3c(C(C)(C)C)cc(C(C)(C)C)cc3C(C)(C)C)C2(Cl)c2ccccc2)c(C(C)(C)C)c1. The highest BCUT2D eigenvalue weighted by Gasteiger charge is 2.68. The minimum Gasteiger partial charge on any atom is -0.102 e. The van der Waals surface area contributed by atoms with Crippen LogP contribution in [0.1, 0.15) is 164 Å². The molecule has 1 aliphatic heterocycles. The highest BCUT2D eigenvalue weighted by Crippen LogP contribution is 3.07. The van der Waals surface area contributed by atoms with Crippen molar-refractivity contribution in [2.24, 2.45) is 0 Å². The Morgan fingerprint density at radius 3 is 0.891 bits per heavy atom. The van der Waals surface area contributed by atoms with Crippen molar-refractivity contribution >= 4 is 37.4 Å². The molecule has 3 aromatic carbocycles. The molecule has 46 heavy (non-hydrogen) atoms. The zero-order valence-electron chi connectivity index (χ0n) is 32.5. The van der Waals surface area contributed by atoms with Crippen LogP contribution >= 0.6 is 26.8 Å². The number of hydrogen-bond acceptors (Lipinski definition) is 0. The first kappa shape index (κ1) is 37.6. The first-order valence-corrected chi connectivity index (χ1v) is 21.0. The molecule has 3 heteroatoms. The number of halogens is 1. The van der Waals surface area contributed by atoms with E-state index >= 15 is 0 Å². The summed E-state index contributed by atoms with van der Waals surface area (Å²) in [6, 6.07) is 21.3. The Morgan fingerprint density at radius 1 is 0.413 bits per heavy atom. The molecule has 2 atom stereocenters. The van der Waals surface area contributed by atoms with Crippen LogP contribution in [0.2, 0.25) is 0 Å². The quantitative estimate of drug-likeness (QED) is 0.191. The Bertz CT molecular complexity index is 1420. The highest BCUT2D eigenvalue weighted by atomic mass is 35.5. The summed E-state index contributed by atoms with van der Waals surface area (Å²) < 4.78 is -0.432. The van der Waals surface area contributed by atoms with Crippen molar-refractivity contribution < 1.29 is 0 Å². The Balaban J connectivity index is 2.24. The molecule has 0 unspecified atom stereocenters. The molecule has 0 nitrogen and oxygen atoms in total. The van der Waals surface area contributed by atoms with Crippen molar-refractivity contribution in [2.75, 3.05) is 0 Å². The molecule has 1 fully saturated rings. The van der Waals surface area contributed by atoms with Crippen LogP contribution < -0.4 is 10.6 Å². The van der Waals surface area contributed by atoms with Gasteiger partial charge in [0.05, 0.1) is 0 Å². The zero-order valence-corrected chi connectivity index (χ0v) is 35.0. The van der Waals surface area contributed by atoms with Crippen LogP contribution in [-0.2, 0) is 36.8 Å². The fraction of sp³-hybridized carbons (Fsp3) is 0.581. The number of alkyl halides is 1. The summed E-state index contributed by atoms with van der Waals surface area (Å²) in [4.78, 5) is 0. The van der Waals surface area contributed by atoms with Gasteiger partial charge >= 0.3 is 0 Å². The molecule has 1 aliphatic rings. The summed E-state index contributed by atoms with van der Waals surface area (Å²) in [5.74, 6) is 0. The molecule has 0 amide bonds. The summed E-state index contributed by atoms with van der Waals surface area (Å²) in [5.41, 5.74) is 10.1. The fourth-order valence-corrected chi connectivity index (χ4v) is 18.6. The summed E-state index contributed by atoms with van der Waals surface area (Å²) >= 11 is 8.38. The van der Waals surface area contributed by atoms with Gasteiger partial charge in [0, 0.05) is 0 Å². The molecule has 0 aliphatic carbocycles. The van der Waals surface area contributed by atoms with Crippen molar-refractivity contribution in [1.82, 2.24) is 0 Å². The van der Waals surface area contributed by atoms with E-state index in [4.69, 9.17) is 11.6 Å². The Labute approximate surface area is 291 Å². The van der Waals surface area contributed by atoms with Gasteiger partial charge < -0.3 is 0 Å². The topological polar surface area (TPSA) is 0 Å². The van der Waals surface area contributed by atoms with Crippen LogP contribution in [0.3, 0.4) is 0 Å². The molecule has 0 N–H and O–H groups in total. The van der Waals surface area contributed by atoms with Crippen molar-refractivity contribution in [3.05, 3.63) is 93.5 Å². The molecule has 0 aromatic heterocycles. The molecule has 252 valence electrons. The summed E-state index contributed by atoms with van der Waals surface area (Å²) in [5, 5.41) is 3.13. The van der Waals surface area contributed by atoms with E-state index < -0.39 is 19.6 Å². The average molecular weight is 677 g/mol. The van der Waals surface area contributed by atoms with E-state index in [9.17, 15) is 0 Å². The fourth-order valence-electron chi connectivity index (χ4n) is 6.47. The lowest BCUT2D eigenvalue weighted by Crippen LogP contribution is -2.31. The first-order chi connectivity index (χ1) is 20.5. The predicted molar refractivity (Wildman–Crippen MR) is 212 cm³/mol. The lowest BCUT2D eigenvalue weighted by atomic mass is 9.75. The predicted octanol–water partition coefficient (Wildman–Crippen LogP) is 13.4. The number of rotatable bonds is 3. The lowest BCUT2D eigenvalue weighted by Gasteiger charge is -2.35. The van der Waals surface area contributed by atoms with Crippen LogP contribution in [-0.4, -0.2) is 0 Å².